The third-order valence-corrected chi connectivity index (χ3v) is 5.01. The Bertz CT molecular complexity index is 713. The van der Waals surface area contributed by atoms with Crippen LogP contribution in [0.5, 0.6) is 0 Å². The number of nitrogens with two attached hydrogens (primary N) is 1. The van der Waals surface area contributed by atoms with Crippen LogP contribution in [0.1, 0.15) is 16.8 Å². The molecule has 2 rings (SSSR count). The highest BCUT2D eigenvalue weighted by atomic mass is 35.5. The summed E-state index contributed by atoms with van der Waals surface area (Å²) in [5, 5.41) is 9.70. The SMILES string of the molecule is CCc1ncc(CNc2cc(S(N)(=O)=O)ccc2Cl)s1. The van der Waals surface area contributed by atoms with Gasteiger partial charge in [0.15, 0.2) is 0 Å². The highest BCUT2D eigenvalue weighted by Crippen LogP contribution is 2.26. The summed E-state index contributed by atoms with van der Waals surface area (Å²) in [6, 6.07) is 4.32. The van der Waals surface area contributed by atoms with Crippen molar-refractivity contribution in [3.63, 3.8) is 0 Å². The van der Waals surface area contributed by atoms with E-state index in [4.69, 9.17) is 16.7 Å². The molecule has 0 saturated heterocycles. The van der Waals surface area contributed by atoms with Gasteiger partial charge in [-0.05, 0) is 24.6 Å². The van der Waals surface area contributed by atoms with Crippen molar-refractivity contribution >= 4 is 38.6 Å². The van der Waals surface area contributed by atoms with E-state index < -0.39 is 10.0 Å². The Kier molecular flexibility index (Phi) is 4.64. The summed E-state index contributed by atoms with van der Waals surface area (Å²) in [4.78, 5) is 5.34. The molecule has 8 heteroatoms. The predicted octanol–water partition coefficient (Wildman–Crippen LogP) is 2.62. The number of aromatic nitrogens is 1. The lowest BCUT2D eigenvalue weighted by Gasteiger charge is -2.08. The third kappa shape index (κ3) is 3.69. The first kappa shape index (κ1) is 15.2. The summed E-state index contributed by atoms with van der Waals surface area (Å²) in [7, 11) is -3.73. The molecule has 1 aromatic heterocycles. The van der Waals surface area contributed by atoms with E-state index in [1.165, 1.54) is 18.2 Å². The zero-order chi connectivity index (χ0) is 14.8. The van der Waals surface area contributed by atoms with Gasteiger partial charge in [-0.25, -0.2) is 18.5 Å². The molecule has 0 aliphatic heterocycles. The van der Waals surface area contributed by atoms with Gasteiger partial charge in [0.25, 0.3) is 0 Å². The van der Waals surface area contributed by atoms with Crippen molar-refractivity contribution < 1.29 is 8.42 Å². The van der Waals surface area contributed by atoms with Gasteiger partial charge in [-0.15, -0.1) is 11.3 Å². The molecule has 0 aliphatic rings. The maximum absolute atomic E-state index is 11.3. The van der Waals surface area contributed by atoms with E-state index in [-0.39, 0.29) is 4.90 Å². The number of sulfonamides is 1. The van der Waals surface area contributed by atoms with Crippen molar-refractivity contribution in [3.8, 4) is 0 Å². The fourth-order valence-corrected chi connectivity index (χ4v) is 3.12. The van der Waals surface area contributed by atoms with E-state index in [0.29, 0.717) is 17.3 Å². The normalized spacial score (nSPS) is 11.6. The van der Waals surface area contributed by atoms with Crippen LogP contribution in [0.4, 0.5) is 5.69 Å². The Morgan fingerprint density at radius 2 is 2.20 bits per heavy atom. The Balaban J connectivity index is 2.16. The number of benzene rings is 1. The number of anilines is 1. The smallest absolute Gasteiger partial charge is 0.238 e. The summed E-state index contributed by atoms with van der Waals surface area (Å²) in [6.07, 6.45) is 2.69. The highest BCUT2D eigenvalue weighted by Gasteiger charge is 2.11. The van der Waals surface area contributed by atoms with Gasteiger partial charge < -0.3 is 5.32 Å². The average molecular weight is 332 g/mol. The van der Waals surface area contributed by atoms with E-state index in [1.807, 2.05) is 6.92 Å². The number of aryl methyl sites for hydroxylation is 1. The molecular formula is C12H14ClN3O2S2. The molecule has 1 aromatic carbocycles. The minimum absolute atomic E-state index is 0.0305. The molecule has 0 atom stereocenters. The molecule has 2 aromatic rings. The van der Waals surface area contributed by atoms with Gasteiger partial charge in [-0.3, -0.25) is 0 Å². The topological polar surface area (TPSA) is 85.1 Å². The number of halogens is 1. The predicted molar refractivity (Wildman–Crippen MR) is 81.6 cm³/mol. The largest absolute Gasteiger partial charge is 0.379 e. The molecular weight excluding hydrogens is 318 g/mol. The molecule has 108 valence electrons. The van der Waals surface area contributed by atoms with Crippen LogP contribution >= 0.6 is 22.9 Å². The molecule has 1 heterocycles. The van der Waals surface area contributed by atoms with Crippen LogP contribution in [-0.4, -0.2) is 13.4 Å². The van der Waals surface area contributed by atoms with Crippen molar-refractivity contribution in [2.24, 2.45) is 5.14 Å². The van der Waals surface area contributed by atoms with Gasteiger partial charge in [0, 0.05) is 11.1 Å². The van der Waals surface area contributed by atoms with Gasteiger partial charge in [0.1, 0.15) is 0 Å². The van der Waals surface area contributed by atoms with Crippen molar-refractivity contribution in [1.29, 1.82) is 0 Å². The van der Waals surface area contributed by atoms with Crippen LogP contribution in [0.2, 0.25) is 5.02 Å². The maximum atomic E-state index is 11.3. The zero-order valence-corrected chi connectivity index (χ0v) is 13.1. The summed E-state index contributed by atoms with van der Waals surface area (Å²) < 4.78 is 22.6. The lowest BCUT2D eigenvalue weighted by atomic mass is 10.3. The molecule has 0 spiro atoms. The standard InChI is InChI=1S/C12H14ClN3O2S2/c1-2-12-16-7-8(19-12)6-15-11-5-9(20(14,17)18)3-4-10(11)13/h3-5,7,15H,2,6H2,1H3,(H2,14,17,18). The Morgan fingerprint density at radius 3 is 2.80 bits per heavy atom. The van der Waals surface area contributed by atoms with Crippen LogP contribution in [0, 0.1) is 0 Å². The van der Waals surface area contributed by atoms with Gasteiger partial charge in [0.05, 0.1) is 27.2 Å². The average Bonchev–Trinajstić information content (AvgIpc) is 2.84. The number of hydrogen-bond donors (Lipinski definition) is 2. The van der Waals surface area contributed by atoms with Gasteiger partial charge in [-0.2, -0.15) is 0 Å². The lowest BCUT2D eigenvalue weighted by molar-refractivity contribution is 0.598. The van der Waals surface area contributed by atoms with Crippen molar-refractivity contribution in [2.75, 3.05) is 5.32 Å². The van der Waals surface area contributed by atoms with Gasteiger partial charge in [0.2, 0.25) is 10.0 Å². The van der Waals surface area contributed by atoms with Gasteiger partial charge >= 0.3 is 0 Å². The molecule has 0 amide bonds. The van der Waals surface area contributed by atoms with E-state index in [9.17, 15) is 8.42 Å². The second kappa shape index (κ2) is 6.09. The van der Waals surface area contributed by atoms with Crippen molar-refractivity contribution in [1.82, 2.24) is 4.98 Å². The lowest BCUT2D eigenvalue weighted by Crippen LogP contribution is -2.12. The third-order valence-electron chi connectivity index (χ3n) is 2.62. The molecule has 0 radical (unpaired) electrons. The zero-order valence-electron chi connectivity index (χ0n) is 10.8. The van der Waals surface area contributed by atoms with Crippen LogP contribution < -0.4 is 10.5 Å². The molecule has 0 bridgehead atoms. The number of nitrogens with one attached hydrogen (secondary N) is 1. The molecule has 20 heavy (non-hydrogen) atoms. The molecule has 0 unspecified atom stereocenters. The molecule has 0 fully saturated rings. The molecule has 0 aliphatic carbocycles. The van der Waals surface area contributed by atoms with E-state index in [0.717, 1.165) is 16.3 Å². The van der Waals surface area contributed by atoms with Gasteiger partial charge in [-0.1, -0.05) is 18.5 Å². The quantitative estimate of drug-likeness (QED) is 0.882. The Labute approximate surface area is 126 Å². The number of hydrogen-bond acceptors (Lipinski definition) is 5. The van der Waals surface area contributed by atoms with Crippen molar-refractivity contribution in [3.05, 3.63) is 39.3 Å². The minimum Gasteiger partial charge on any atom is -0.379 e. The first-order valence-electron chi connectivity index (χ1n) is 5.90. The van der Waals surface area contributed by atoms with Crippen LogP contribution in [-0.2, 0) is 23.0 Å². The summed E-state index contributed by atoms with van der Waals surface area (Å²) in [5.41, 5.74) is 0.532. The first-order chi connectivity index (χ1) is 9.40. The molecule has 5 nitrogen and oxygen atoms in total. The minimum atomic E-state index is -3.73. The van der Waals surface area contributed by atoms with E-state index in [2.05, 4.69) is 10.3 Å². The van der Waals surface area contributed by atoms with Crippen molar-refractivity contribution in [2.45, 2.75) is 24.8 Å². The highest BCUT2D eigenvalue weighted by molar-refractivity contribution is 7.89. The van der Waals surface area contributed by atoms with E-state index >= 15 is 0 Å². The summed E-state index contributed by atoms with van der Waals surface area (Å²) in [5.74, 6) is 0. The monoisotopic (exact) mass is 331 g/mol. The second-order valence-corrected chi connectivity index (χ2v) is 7.28. The van der Waals surface area contributed by atoms with Crippen LogP contribution in [0.3, 0.4) is 0 Å². The molecule has 0 saturated carbocycles. The van der Waals surface area contributed by atoms with Crippen LogP contribution in [0.25, 0.3) is 0 Å². The number of primary sulfonamides is 1. The summed E-state index contributed by atoms with van der Waals surface area (Å²) in [6.45, 7) is 2.58. The van der Waals surface area contributed by atoms with Crippen LogP contribution in [0.15, 0.2) is 29.3 Å². The Morgan fingerprint density at radius 1 is 1.45 bits per heavy atom. The fraction of sp³-hybridized carbons (Fsp3) is 0.250. The Hall–Kier alpha value is -1.15. The first-order valence-corrected chi connectivity index (χ1v) is 8.64. The number of nitrogens with zero attached hydrogens (tertiary/aromatic N) is 1. The molecule has 3 N–H and O–H groups in total. The van der Waals surface area contributed by atoms with E-state index in [1.54, 1.807) is 17.5 Å². The maximum Gasteiger partial charge on any atom is 0.238 e. The fourth-order valence-electron chi connectivity index (χ4n) is 1.59. The summed E-state index contributed by atoms with van der Waals surface area (Å²) >= 11 is 7.64. The number of rotatable bonds is 5. The second-order valence-electron chi connectivity index (χ2n) is 4.11. The number of thiazole rings is 1.